The van der Waals surface area contributed by atoms with Gasteiger partial charge in [0.2, 0.25) is 11.7 Å². The lowest BCUT2D eigenvalue weighted by atomic mass is 9.98. The monoisotopic (exact) mass is 477 g/mol. The van der Waals surface area contributed by atoms with Crippen molar-refractivity contribution in [3.63, 3.8) is 0 Å². The quantitative estimate of drug-likeness (QED) is 0.351. The van der Waals surface area contributed by atoms with Crippen LogP contribution in [0.2, 0.25) is 0 Å². The third-order valence-corrected chi connectivity index (χ3v) is 6.86. The molecule has 0 radical (unpaired) electrons. The minimum absolute atomic E-state index is 0.0637. The Balaban J connectivity index is 1.65. The van der Waals surface area contributed by atoms with Gasteiger partial charge in [0.25, 0.3) is 5.56 Å². The molecule has 0 bridgehead atoms. The zero-order chi connectivity index (χ0) is 24.4. The standard InChI is InChI=1S/C26H31N5O2S/c1-16(2)13-14-30-24(33)20-10-6-7-12-21(20)31-25(30)28-29-26(31)34-15-22(32)27-23-18(5)9-8-11-19(23)17(3)4/h6-12,16-17H,13-15H2,1-5H3,(H,27,32). The summed E-state index contributed by atoms with van der Waals surface area (Å²) in [6.45, 7) is 11.1. The number of nitrogens with zero attached hydrogens (tertiary/aromatic N) is 4. The number of rotatable bonds is 8. The Morgan fingerprint density at radius 1 is 1.06 bits per heavy atom. The van der Waals surface area contributed by atoms with Crippen LogP contribution in [-0.4, -0.2) is 30.8 Å². The van der Waals surface area contributed by atoms with Crippen LogP contribution in [0.4, 0.5) is 5.69 Å². The van der Waals surface area contributed by atoms with Gasteiger partial charge in [0.15, 0.2) is 5.16 Å². The van der Waals surface area contributed by atoms with E-state index in [1.807, 2.05) is 47.7 Å². The molecule has 34 heavy (non-hydrogen) atoms. The molecule has 4 aromatic rings. The van der Waals surface area contributed by atoms with Gasteiger partial charge in [-0.1, -0.05) is 69.8 Å². The first-order valence-electron chi connectivity index (χ1n) is 11.7. The van der Waals surface area contributed by atoms with Crippen molar-refractivity contribution < 1.29 is 4.79 Å². The highest BCUT2D eigenvalue weighted by Gasteiger charge is 2.18. The number of hydrogen-bond donors (Lipinski definition) is 1. The van der Waals surface area contributed by atoms with Crippen LogP contribution >= 0.6 is 11.8 Å². The van der Waals surface area contributed by atoms with E-state index in [-0.39, 0.29) is 17.2 Å². The molecule has 0 aliphatic heterocycles. The van der Waals surface area contributed by atoms with Crippen molar-refractivity contribution in [2.75, 3.05) is 11.1 Å². The number of aromatic nitrogens is 4. The number of benzene rings is 2. The van der Waals surface area contributed by atoms with Gasteiger partial charge < -0.3 is 5.32 Å². The smallest absolute Gasteiger partial charge is 0.262 e. The second kappa shape index (κ2) is 10.0. The Hall–Kier alpha value is -3.13. The Kier molecular flexibility index (Phi) is 7.07. The van der Waals surface area contributed by atoms with E-state index >= 15 is 0 Å². The normalized spacial score (nSPS) is 11.7. The van der Waals surface area contributed by atoms with Gasteiger partial charge in [-0.3, -0.25) is 18.6 Å². The summed E-state index contributed by atoms with van der Waals surface area (Å²) in [5.74, 6) is 1.35. The zero-order valence-corrected chi connectivity index (χ0v) is 21.1. The average Bonchev–Trinajstić information content (AvgIpc) is 3.22. The Morgan fingerprint density at radius 3 is 2.56 bits per heavy atom. The van der Waals surface area contributed by atoms with Gasteiger partial charge in [-0.05, 0) is 48.4 Å². The van der Waals surface area contributed by atoms with E-state index in [0.717, 1.165) is 28.8 Å². The van der Waals surface area contributed by atoms with E-state index in [9.17, 15) is 9.59 Å². The first-order valence-corrected chi connectivity index (χ1v) is 12.6. The minimum atomic E-state index is -0.101. The molecule has 2 aromatic heterocycles. The van der Waals surface area contributed by atoms with Crippen molar-refractivity contribution in [3.05, 3.63) is 63.9 Å². The lowest BCUT2D eigenvalue weighted by Gasteiger charge is -2.16. The van der Waals surface area contributed by atoms with Crippen molar-refractivity contribution in [3.8, 4) is 0 Å². The molecule has 0 aliphatic carbocycles. The SMILES string of the molecule is Cc1cccc(C(C)C)c1NC(=O)CSc1nnc2n(CCC(C)C)c(=O)c3ccccc3n12. The molecule has 0 aliphatic rings. The number of amides is 1. The molecule has 1 amide bonds. The summed E-state index contributed by atoms with van der Waals surface area (Å²) < 4.78 is 3.59. The molecule has 1 N–H and O–H groups in total. The number of anilines is 1. The Bertz CT molecular complexity index is 1400. The van der Waals surface area contributed by atoms with E-state index in [0.29, 0.717) is 34.7 Å². The topological polar surface area (TPSA) is 81.3 Å². The highest BCUT2D eigenvalue weighted by molar-refractivity contribution is 7.99. The summed E-state index contributed by atoms with van der Waals surface area (Å²) in [5.41, 5.74) is 3.72. The van der Waals surface area contributed by atoms with E-state index in [4.69, 9.17) is 0 Å². The van der Waals surface area contributed by atoms with Gasteiger partial charge in [0.05, 0.1) is 16.7 Å². The highest BCUT2D eigenvalue weighted by Crippen LogP contribution is 2.28. The molecule has 8 heteroatoms. The Morgan fingerprint density at radius 2 is 1.82 bits per heavy atom. The van der Waals surface area contributed by atoms with Gasteiger partial charge in [0, 0.05) is 12.2 Å². The van der Waals surface area contributed by atoms with Crippen LogP contribution in [0.5, 0.6) is 0 Å². The maximum absolute atomic E-state index is 13.2. The first-order chi connectivity index (χ1) is 16.3. The third-order valence-electron chi connectivity index (χ3n) is 5.93. The molecule has 4 rings (SSSR count). The fourth-order valence-electron chi connectivity index (χ4n) is 4.06. The largest absolute Gasteiger partial charge is 0.325 e. The van der Waals surface area contributed by atoms with Gasteiger partial charge in [0.1, 0.15) is 0 Å². The van der Waals surface area contributed by atoms with E-state index in [1.165, 1.54) is 11.8 Å². The molecule has 2 heterocycles. The molecule has 178 valence electrons. The molecule has 0 fully saturated rings. The van der Waals surface area contributed by atoms with Crippen LogP contribution in [0.25, 0.3) is 16.7 Å². The molecule has 7 nitrogen and oxygen atoms in total. The summed E-state index contributed by atoms with van der Waals surface area (Å²) in [4.78, 5) is 26.1. The second-order valence-electron chi connectivity index (χ2n) is 9.31. The minimum Gasteiger partial charge on any atom is -0.325 e. The molecule has 0 spiro atoms. The summed E-state index contributed by atoms with van der Waals surface area (Å²) in [7, 11) is 0. The lowest BCUT2D eigenvalue weighted by molar-refractivity contribution is -0.113. The van der Waals surface area contributed by atoms with Gasteiger partial charge in [-0.15, -0.1) is 10.2 Å². The van der Waals surface area contributed by atoms with E-state index < -0.39 is 0 Å². The highest BCUT2D eigenvalue weighted by atomic mass is 32.2. The summed E-state index contributed by atoms with van der Waals surface area (Å²) in [6.07, 6.45) is 0.861. The molecule has 0 saturated heterocycles. The van der Waals surface area contributed by atoms with E-state index in [2.05, 4.69) is 49.3 Å². The number of aryl methyl sites for hydroxylation is 2. The number of nitrogens with one attached hydrogen (secondary N) is 1. The predicted octanol–water partition coefficient (Wildman–Crippen LogP) is 5.25. The molecule has 0 atom stereocenters. The van der Waals surface area contributed by atoms with Crippen molar-refractivity contribution in [1.29, 1.82) is 0 Å². The fourth-order valence-corrected chi connectivity index (χ4v) is 4.80. The zero-order valence-electron chi connectivity index (χ0n) is 20.3. The fraction of sp³-hybridized carbons (Fsp3) is 0.385. The van der Waals surface area contributed by atoms with Crippen molar-refractivity contribution in [1.82, 2.24) is 19.2 Å². The number of fused-ring (bicyclic) bond motifs is 3. The van der Waals surface area contributed by atoms with Gasteiger partial charge in [-0.25, -0.2) is 0 Å². The average molecular weight is 478 g/mol. The molecule has 0 unspecified atom stereocenters. The van der Waals surface area contributed by atoms with Crippen molar-refractivity contribution >= 4 is 40.0 Å². The molecular weight excluding hydrogens is 446 g/mol. The van der Waals surface area contributed by atoms with Crippen LogP contribution < -0.4 is 10.9 Å². The number of thioether (sulfide) groups is 1. The Labute approximate surface area is 203 Å². The van der Waals surface area contributed by atoms with Crippen molar-refractivity contribution in [2.45, 2.75) is 58.7 Å². The summed E-state index contributed by atoms with van der Waals surface area (Å²) in [6, 6.07) is 13.6. The van der Waals surface area contributed by atoms with Crippen LogP contribution in [0.1, 0.15) is 51.2 Å². The van der Waals surface area contributed by atoms with Gasteiger partial charge in [-0.2, -0.15) is 0 Å². The molecule has 0 saturated carbocycles. The number of carbonyl (C=O) groups excluding carboxylic acids is 1. The maximum Gasteiger partial charge on any atom is 0.262 e. The number of para-hydroxylation sites is 2. The molecular formula is C26H31N5O2S. The number of hydrogen-bond acceptors (Lipinski definition) is 5. The first kappa shape index (κ1) is 24.0. The second-order valence-corrected chi connectivity index (χ2v) is 10.2. The third kappa shape index (κ3) is 4.73. The van der Waals surface area contributed by atoms with Crippen LogP contribution in [0.15, 0.2) is 52.4 Å². The van der Waals surface area contributed by atoms with Crippen LogP contribution in [-0.2, 0) is 11.3 Å². The lowest BCUT2D eigenvalue weighted by Crippen LogP contribution is -2.24. The predicted molar refractivity (Wildman–Crippen MR) is 139 cm³/mol. The van der Waals surface area contributed by atoms with Crippen LogP contribution in [0.3, 0.4) is 0 Å². The van der Waals surface area contributed by atoms with Crippen LogP contribution in [0, 0.1) is 12.8 Å². The van der Waals surface area contributed by atoms with E-state index in [1.54, 1.807) is 4.57 Å². The van der Waals surface area contributed by atoms with Crippen molar-refractivity contribution in [2.24, 2.45) is 5.92 Å². The maximum atomic E-state index is 13.2. The summed E-state index contributed by atoms with van der Waals surface area (Å²) >= 11 is 1.32. The summed E-state index contributed by atoms with van der Waals surface area (Å²) in [5, 5.41) is 13.0. The number of carbonyl (C=O) groups is 1. The molecule has 2 aromatic carbocycles. The van der Waals surface area contributed by atoms with Gasteiger partial charge >= 0.3 is 0 Å².